The molecule has 0 atom stereocenters. The van der Waals surface area contributed by atoms with E-state index in [1.165, 1.54) is 25.3 Å². The topological polar surface area (TPSA) is 88.0 Å². The molecule has 0 heterocycles. The van der Waals surface area contributed by atoms with Crippen LogP contribution in [-0.4, -0.2) is 26.3 Å². The Balaban J connectivity index is 2.23. The van der Waals surface area contributed by atoms with Crippen molar-refractivity contribution in [3.05, 3.63) is 53.6 Å². The quantitative estimate of drug-likeness (QED) is 0.649. The summed E-state index contributed by atoms with van der Waals surface area (Å²) < 4.78 is 29.4. The smallest absolute Gasteiger partial charge is 0.276 e. The zero-order chi connectivity index (χ0) is 17.0. The molecule has 0 aliphatic rings. The first kappa shape index (κ1) is 16.8. The highest BCUT2D eigenvalue weighted by atomic mass is 32.2. The van der Waals surface area contributed by atoms with Crippen LogP contribution in [0.5, 0.6) is 11.5 Å². The van der Waals surface area contributed by atoms with E-state index in [4.69, 9.17) is 4.74 Å². The van der Waals surface area contributed by atoms with Crippen LogP contribution in [0.4, 0.5) is 0 Å². The van der Waals surface area contributed by atoms with Crippen LogP contribution in [0.2, 0.25) is 0 Å². The Hall–Kier alpha value is -2.54. The average molecular weight is 334 g/mol. The van der Waals surface area contributed by atoms with Gasteiger partial charge in [0.2, 0.25) is 0 Å². The number of nitrogens with one attached hydrogen (secondary N) is 1. The van der Waals surface area contributed by atoms with Gasteiger partial charge in [0.15, 0.2) is 11.5 Å². The van der Waals surface area contributed by atoms with Gasteiger partial charge in [-0.05, 0) is 44.2 Å². The highest BCUT2D eigenvalue weighted by Gasteiger charge is 2.13. The van der Waals surface area contributed by atoms with Crippen LogP contribution in [0.25, 0.3) is 0 Å². The Morgan fingerprint density at radius 2 is 1.83 bits per heavy atom. The van der Waals surface area contributed by atoms with Gasteiger partial charge in [-0.15, -0.1) is 0 Å². The van der Waals surface area contributed by atoms with E-state index in [0.29, 0.717) is 17.0 Å². The summed E-state index contributed by atoms with van der Waals surface area (Å²) in [4.78, 5) is 2.34. The van der Waals surface area contributed by atoms with Gasteiger partial charge in [0.05, 0.1) is 17.7 Å². The van der Waals surface area contributed by atoms with E-state index in [9.17, 15) is 13.5 Å². The number of hydrazone groups is 1. The van der Waals surface area contributed by atoms with Crippen molar-refractivity contribution in [3.63, 3.8) is 0 Å². The maximum absolute atomic E-state index is 12.2. The van der Waals surface area contributed by atoms with Crippen molar-refractivity contribution >= 4 is 15.7 Å². The van der Waals surface area contributed by atoms with Crippen LogP contribution in [0.15, 0.2) is 52.5 Å². The van der Waals surface area contributed by atoms with Crippen molar-refractivity contribution in [1.29, 1.82) is 0 Å². The molecule has 7 heteroatoms. The molecule has 0 aromatic heterocycles. The Labute approximate surface area is 135 Å². The van der Waals surface area contributed by atoms with Gasteiger partial charge < -0.3 is 9.84 Å². The van der Waals surface area contributed by atoms with Crippen LogP contribution < -0.4 is 9.57 Å². The van der Waals surface area contributed by atoms with E-state index >= 15 is 0 Å². The van der Waals surface area contributed by atoms with E-state index < -0.39 is 10.0 Å². The van der Waals surface area contributed by atoms with Gasteiger partial charge >= 0.3 is 0 Å². The second kappa shape index (κ2) is 6.70. The zero-order valence-electron chi connectivity index (χ0n) is 13.1. The first-order valence-electron chi connectivity index (χ1n) is 6.83. The molecule has 0 saturated carbocycles. The number of sulfonamides is 1. The Kier molecular flexibility index (Phi) is 4.90. The molecular formula is C16H18N2O4S. The standard InChI is InChI=1S/C16H18N2O4S/c1-11-4-7-14(8-5-11)23(20,21)18-17-12(2)13-6-9-15(19)16(10-13)22-3/h4-10,18-19H,1-3H3/b17-12+. The lowest BCUT2D eigenvalue weighted by Crippen LogP contribution is -2.20. The predicted molar refractivity (Wildman–Crippen MR) is 88.4 cm³/mol. The highest BCUT2D eigenvalue weighted by molar-refractivity contribution is 7.89. The molecule has 23 heavy (non-hydrogen) atoms. The minimum absolute atomic E-state index is 0.00397. The van der Waals surface area contributed by atoms with Gasteiger partial charge in [-0.25, -0.2) is 0 Å². The number of ether oxygens (including phenoxy) is 1. The summed E-state index contributed by atoms with van der Waals surface area (Å²) in [6.07, 6.45) is 0. The predicted octanol–water partition coefficient (Wildman–Crippen LogP) is 2.41. The van der Waals surface area contributed by atoms with E-state index in [-0.39, 0.29) is 10.6 Å². The molecule has 2 rings (SSSR count). The third kappa shape index (κ3) is 4.01. The fourth-order valence-electron chi connectivity index (χ4n) is 1.87. The normalized spacial score (nSPS) is 12.0. The Bertz CT molecular complexity index is 828. The number of phenols is 1. The average Bonchev–Trinajstić information content (AvgIpc) is 2.53. The molecule has 0 unspecified atom stereocenters. The molecule has 0 radical (unpaired) electrons. The summed E-state index contributed by atoms with van der Waals surface area (Å²) in [5, 5.41) is 13.5. The van der Waals surface area contributed by atoms with E-state index in [2.05, 4.69) is 9.93 Å². The summed E-state index contributed by atoms with van der Waals surface area (Å²) in [5.74, 6) is 0.294. The van der Waals surface area contributed by atoms with E-state index in [0.717, 1.165) is 5.56 Å². The van der Waals surface area contributed by atoms with Crippen molar-refractivity contribution in [2.24, 2.45) is 5.10 Å². The fourth-order valence-corrected chi connectivity index (χ4v) is 2.72. The number of rotatable bonds is 5. The molecule has 2 aromatic rings. The minimum Gasteiger partial charge on any atom is -0.504 e. The number of benzene rings is 2. The molecule has 0 amide bonds. The van der Waals surface area contributed by atoms with Crippen LogP contribution in [-0.2, 0) is 10.0 Å². The van der Waals surface area contributed by atoms with Gasteiger partial charge in [-0.3, -0.25) is 0 Å². The molecule has 0 bridgehead atoms. The summed E-state index contributed by atoms with van der Waals surface area (Å²) in [6, 6.07) is 11.1. The molecule has 2 N–H and O–H groups in total. The number of nitrogens with zero attached hydrogens (tertiary/aromatic N) is 1. The van der Waals surface area contributed by atoms with Crippen LogP contribution in [0.1, 0.15) is 18.1 Å². The van der Waals surface area contributed by atoms with Gasteiger partial charge in [-0.1, -0.05) is 17.7 Å². The Morgan fingerprint density at radius 1 is 1.17 bits per heavy atom. The van der Waals surface area contributed by atoms with Crippen molar-refractivity contribution in [2.45, 2.75) is 18.7 Å². The van der Waals surface area contributed by atoms with E-state index in [1.807, 2.05) is 6.92 Å². The van der Waals surface area contributed by atoms with Gasteiger partial charge in [0, 0.05) is 5.56 Å². The van der Waals surface area contributed by atoms with Crippen molar-refractivity contribution in [2.75, 3.05) is 7.11 Å². The van der Waals surface area contributed by atoms with Crippen LogP contribution in [0.3, 0.4) is 0 Å². The lowest BCUT2D eigenvalue weighted by Gasteiger charge is -2.08. The zero-order valence-corrected chi connectivity index (χ0v) is 13.9. The lowest BCUT2D eigenvalue weighted by atomic mass is 10.1. The molecule has 0 aliphatic heterocycles. The second-order valence-electron chi connectivity index (χ2n) is 4.99. The number of hydrogen-bond donors (Lipinski definition) is 2. The number of phenolic OH excluding ortho intramolecular Hbond substituents is 1. The Morgan fingerprint density at radius 3 is 2.43 bits per heavy atom. The van der Waals surface area contributed by atoms with Crippen LogP contribution >= 0.6 is 0 Å². The third-order valence-electron chi connectivity index (χ3n) is 3.26. The molecule has 0 saturated heterocycles. The molecule has 6 nitrogen and oxygen atoms in total. The molecule has 2 aromatic carbocycles. The first-order chi connectivity index (χ1) is 10.8. The highest BCUT2D eigenvalue weighted by Crippen LogP contribution is 2.26. The molecule has 0 fully saturated rings. The lowest BCUT2D eigenvalue weighted by molar-refractivity contribution is 0.373. The SMILES string of the molecule is COc1cc(/C(C)=N/NS(=O)(=O)c2ccc(C)cc2)ccc1O. The molecule has 122 valence electrons. The fraction of sp³-hybridized carbons (Fsp3) is 0.188. The number of aromatic hydroxyl groups is 1. The van der Waals surface area contributed by atoms with E-state index in [1.54, 1.807) is 31.2 Å². The molecular weight excluding hydrogens is 316 g/mol. The van der Waals surface area contributed by atoms with Gasteiger partial charge in [-0.2, -0.15) is 18.4 Å². The maximum atomic E-state index is 12.2. The number of hydrogen-bond acceptors (Lipinski definition) is 5. The van der Waals surface area contributed by atoms with Crippen molar-refractivity contribution < 1.29 is 18.3 Å². The summed E-state index contributed by atoms with van der Waals surface area (Å²) in [6.45, 7) is 3.54. The maximum Gasteiger partial charge on any atom is 0.276 e. The first-order valence-corrected chi connectivity index (χ1v) is 8.32. The van der Waals surface area contributed by atoms with Crippen molar-refractivity contribution in [1.82, 2.24) is 4.83 Å². The number of methoxy groups -OCH3 is 1. The third-order valence-corrected chi connectivity index (χ3v) is 4.49. The van der Waals surface area contributed by atoms with Crippen LogP contribution in [0, 0.1) is 6.92 Å². The summed E-state index contributed by atoms with van der Waals surface area (Å²) >= 11 is 0. The monoisotopic (exact) mass is 334 g/mol. The van der Waals surface area contributed by atoms with Crippen molar-refractivity contribution in [3.8, 4) is 11.5 Å². The minimum atomic E-state index is -3.72. The summed E-state index contributed by atoms with van der Waals surface area (Å²) in [7, 11) is -2.29. The largest absolute Gasteiger partial charge is 0.504 e. The second-order valence-corrected chi connectivity index (χ2v) is 6.65. The van der Waals surface area contributed by atoms with Gasteiger partial charge in [0.1, 0.15) is 0 Å². The summed E-state index contributed by atoms with van der Waals surface area (Å²) in [5.41, 5.74) is 2.05. The molecule has 0 spiro atoms. The van der Waals surface area contributed by atoms with Gasteiger partial charge in [0.25, 0.3) is 10.0 Å². The number of aryl methyl sites for hydroxylation is 1. The molecule has 0 aliphatic carbocycles.